The summed E-state index contributed by atoms with van der Waals surface area (Å²) in [5.74, 6) is 0.463. The highest BCUT2D eigenvalue weighted by molar-refractivity contribution is 5.79. The van der Waals surface area contributed by atoms with Gasteiger partial charge in [-0.2, -0.15) is 0 Å². The van der Waals surface area contributed by atoms with Crippen LogP contribution in [0.3, 0.4) is 0 Å². The summed E-state index contributed by atoms with van der Waals surface area (Å²) < 4.78 is 0. The van der Waals surface area contributed by atoms with Gasteiger partial charge < -0.3 is 0 Å². The maximum atomic E-state index is 11.4. The van der Waals surface area contributed by atoms with Crippen LogP contribution in [-0.4, -0.2) is 53.3 Å². The van der Waals surface area contributed by atoms with E-state index in [1.54, 1.807) is 0 Å². The molecule has 3 fully saturated rings. The van der Waals surface area contributed by atoms with Crippen molar-refractivity contribution in [1.29, 1.82) is 0 Å². The summed E-state index contributed by atoms with van der Waals surface area (Å²) in [7, 11) is 0. The van der Waals surface area contributed by atoms with Crippen LogP contribution in [0.5, 0.6) is 0 Å². The zero-order valence-electron chi connectivity index (χ0n) is 10.2. The number of likely N-dealkylation sites (tertiary alicyclic amines) is 1. The molecule has 0 bridgehead atoms. The van der Waals surface area contributed by atoms with E-state index >= 15 is 0 Å². The second-order valence-electron chi connectivity index (χ2n) is 5.68. The second-order valence-corrected chi connectivity index (χ2v) is 5.68. The molecule has 0 aliphatic carbocycles. The van der Waals surface area contributed by atoms with Crippen molar-refractivity contribution in [3.63, 3.8) is 0 Å². The van der Waals surface area contributed by atoms with Gasteiger partial charge in [0.25, 0.3) is 0 Å². The van der Waals surface area contributed by atoms with Crippen LogP contribution in [-0.2, 0) is 4.79 Å². The summed E-state index contributed by atoms with van der Waals surface area (Å²) in [6.07, 6.45) is 5.64. The molecule has 3 atom stereocenters. The maximum Gasteiger partial charge on any atom is 0.135 e. The minimum atomic E-state index is 0.463. The Morgan fingerprint density at radius 3 is 2.81 bits per heavy atom. The Balaban J connectivity index is 1.70. The van der Waals surface area contributed by atoms with E-state index in [1.807, 2.05) is 0 Å². The van der Waals surface area contributed by atoms with Crippen LogP contribution >= 0.6 is 0 Å². The lowest BCUT2D eigenvalue weighted by atomic mass is 9.96. The third kappa shape index (κ3) is 1.70. The van der Waals surface area contributed by atoms with Crippen molar-refractivity contribution in [3.05, 3.63) is 0 Å². The molecular weight excluding hydrogens is 200 g/mol. The topological polar surface area (TPSA) is 23.6 Å². The number of fused-ring (bicyclic) bond motifs is 1. The zero-order chi connectivity index (χ0) is 11.1. The van der Waals surface area contributed by atoms with E-state index in [1.165, 1.54) is 32.4 Å². The Morgan fingerprint density at radius 2 is 2.00 bits per heavy atom. The van der Waals surface area contributed by atoms with Crippen LogP contribution < -0.4 is 0 Å². The van der Waals surface area contributed by atoms with Crippen LogP contribution in [0.25, 0.3) is 0 Å². The summed E-state index contributed by atoms with van der Waals surface area (Å²) in [6, 6.07) is 2.02. The van der Waals surface area contributed by atoms with E-state index in [9.17, 15) is 4.79 Å². The number of Topliss-reactive ketones (excluding diaryl/α,β-unsaturated/α-hetero) is 1. The predicted octanol–water partition coefficient (Wildman–Crippen LogP) is 1.28. The third-order valence-corrected chi connectivity index (χ3v) is 4.73. The molecule has 0 saturated carbocycles. The minimum Gasteiger partial charge on any atom is -0.300 e. The van der Waals surface area contributed by atoms with E-state index in [2.05, 4.69) is 16.7 Å². The minimum absolute atomic E-state index is 0.463. The monoisotopic (exact) mass is 222 g/mol. The molecule has 3 aliphatic rings. The predicted molar refractivity (Wildman–Crippen MR) is 63.4 cm³/mol. The molecule has 16 heavy (non-hydrogen) atoms. The Morgan fingerprint density at radius 1 is 1.12 bits per heavy atom. The van der Waals surface area contributed by atoms with Crippen LogP contribution in [0.1, 0.15) is 39.0 Å². The first kappa shape index (κ1) is 10.7. The van der Waals surface area contributed by atoms with Gasteiger partial charge in [-0.25, -0.2) is 0 Å². The van der Waals surface area contributed by atoms with Gasteiger partial charge in [0.15, 0.2) is 0 Å². The van der Waals surface area contributed by atoms with Crippen LogP contribution in [0.15, 0.2) is 0 Å². The van der Waals surface area contributed by atoms with Crippen molar-refractivity contribution in [2.24, 2.45) is 0 Å². The standard InChI is InChI=1S/C13H22N2O/c1-10-9-11(16)4-8-15(10)13-5-7-14-6-2-3-12(13)14/h10,12-13H,2-9H2,1H3. The fourth-order valence-corrected chi connectivity index (χ4v) is 3.96. The number of hydrogen-bond acceptors (Lipinski definition) is 3. The number of nitrogens with zero attached hydrogens (tertiary/aromatic N) is 2. The lowest BCUT2D eigenvalue weighted by molar-refractivity contribution is -0.123. The van der Waals surface area contributed by atoms with Crippen molar-refractivity contribution in [3.8, 4) is 0 Å². The molecular formula is C13H22N2O. The third-order valence-electron chi connectivity index (χ3n) is 4.73. The Hall–Kier alpha value is -0.410. The highest BCUT2D eigenvalue weighted by atomic mass is 16.1. The second kappa shape index (κ2) is 4.11. The highest BCUT2D eigenvalue weighted by Gasteiger charge is 2.42. The number of piperidine rings is 1. The molecule has 3 saturated heterocycles. The quantitative estimate of drug-likeness (QED) is 0.667. The van der Waals surface area contributed by atoms with Gasteiger partial charge in [0, 0.05) is 44.1 Å². The van der Waals surface area contributed by atoms with Crippen LogP contribution in [0, 0.1) is 0 Å². The summed E-state index contributed by atoms with van der Waals surface area (Å²) in [6.45, 7) is 5.83. The van der Waals surface area contributed by atoms with Gasteiger partial charge in [-0.05, 0) is 32.7 Å². The van der Waals surface area contributed by atoms with Crippen molar-refractivity contribution in [1.82, 2.24) is 9.80 Å². The summed E-state index contributed by atoms with van der Waals surface area (Å²) in [5.41, 5.74) is 0. The van der Waals surface area contributed by atoms with Gasteiger partial charge in [-0.3, -0.25) is 14.6 Å². The SMILES string of the molecule is CC1CC(=O)CCN1C1CCN2CCCC12. The molecule has 3 nitrogen and oxygen atoms in total. The van der Waals surface area contributed by atoms with Crippen LogP contribution in [0.4, 0.5) is 0 Å². The first-order valence-corrected chi connectivity index (χ1v) is 6.77. The molecule has 0 aromatic heterocycles. The Labute approximate surface area is 97.8 Å². The molecule has 3 aliphatic heterocycles. The number of carbonyl (C=O) groups is 1. The van der Waals surface area contributed by atoms with E-state index < -0.39 is 0 Å². The molecule has 3 rings (SSSR count). The molecule has 3 heterocycles. The number of ketones is 1. The van der Waals surface area contributed by atoms with Gasteiger partial charge in [0.05, 0.1) is 0 Å². The maximum absolute atomic E-state index is 11.4. The smallest absolute Gasteiger partial charge is 0.135 e. The number of rotatable bonds is 1. The van der Waals surface area contributed by atoms with Crippen molar-refractivity contribution in [2.75, 3.05) is 19.6 Å². The molecule has 0 aromatic rings. The van der Waals surface area contributed by atoms with Gasteiger partial charge in [0.1, 0.15) is 5.78 Å². The Bertz CT molecular complexity index is 292. The average Bonchev–Trinajstić information content (AvgIpc) is 2.80. The normalized spacial score (nSPS) is 41.6. The highest BCUT2D eigenvalue weighted by Crippen LogP contribution is 2.33. The van der Waals surface area contributed by atoms with Gasteiger partial charge in [0.2, 0.25) is 0 Å². The van der Waals surface area contributed by atoms with Crippen LogP contribution in [0.2, 0.25) is 0 Å². The lowest BCUT2D eigenvalue weighted by Crippen LogP contribution is -2.51. The number of carbonyl (C=O) groups excluding carboxylic acids is 1. The van der Waals surface area contributed by atoms with E-state index in [0.29, 0.717) is 11.8 Å². The van der Waals surface area contributed by atoms with E-state index in [-0.39, 0.29) is 0 Å². The summed E-state index contributed by atoms with van der Waals surface area (Å²) >= 11 is 0. The van der Waals surface area contributed by atoms with Gasteiger partial charge in [-0.15, -0.1) is 0 Å². The Kier molecular flexibility index (Phi) is 2.76. The number of hydrogen-bond donors (Lipinski definition) is 0. The molecule has 0 amide bonds. The molecule has 0 aromatic carbocycles. The zero-order valence-corrected chi connectivity index (χ0v) is 10.2. The van der Waals surface area contributed by atoms with Gasteiger partial charge >= 0.3 is 0 Å². The lowest BCUT2D eigenvalue weighted by Gasteiger charge is -2.39. The molecule has 0 spiro atoms. The van der Waals surface area contributed by atoms with Gasteiger partial charge in [-0.1, -0.05) is 0 Å². The molecule has 3 unspecified atom stereocenters. The van der Waals surface area contributed by atoms with Crippen molar-refractivity contribution in [2.45, 2.75) is 57.2 Å². The largest absolute Gasteiger partial charge is 0.300 e. The first-order valence-electron chi connectivity index (χ1n) is 6.77. The van der Waals surface area contributed by atoms with E-state index in [0.717, 1.165) is 31.5 Å². The van der Waals surface area contributed by atoms with E-state index in [4.69, 9.17) is 0 Å². The molecule has 90 valence electrons. The fraction of sp³-hybridized carbons (Fsp3) is 0.923. The molecule has 0 radical (unpaired) electrons. The fourth-order valence-electron chi connectivity index (χ4n) is 3.96. The van der Waals surface area contributed by atoms with Crippen molar-refractivity contribution >= 4 is 5.78 Å². The van der Waals surface area contributed by atoms with Crippen molar-refractivity contribution < 1.29 is 4.79 Å². The molecule has 3 heteroatoms. The summed E-state index contributed by atoms with van der Waals surface area (Å²) in [5, 5.41) is 0. The molecule has 0 N–H and O–H groups in total. The first-order chi connectivity index (χ1) is 7.75. The summed E-state index contributed by atoms with van der Waals surface area (Å²) in [4.78, 5) is 16.7. The average molecular weight is 222 g/mol.